The molecule has 0 saturated carbocycles. The minimum atomic E-state index is -0.518. The first-order chi connectivity index (χ1) is 18.8. The molecule has 3 N–H and O–H groups in total. The summed E-state index contributed by atoms with van der Waals surface area (Å²) in [5.74, 6) is -0.191. The van der Waals surface area contributed by atoms with Crippen molar-refractivity contribution in [2.45, 2.75) is 24.0 Å². The molecule has 198 valence electrons. The molecule has 39 heavy (non-hydrogen) atoms. The number of amides is 3. The predicted octanol–water partition coefficient (Wildman–Crippen LogP) is 6.17. The number of thioether (sulfide) groups is 1. The topological polar surface area (TPSA) is 113 Å². The molecule has 10 heteroatoms. The number of aromatic nitrogens is 1. The lowest BCUT2D eigenvalue weighted by molar-refractivity contribution is -0.115. The van der Waals surface area contributed by atoms with E-state index in [1.54, 1.807) is 98.8 Å². The van der Waals surface area contributed by atoms with Crippen LogP contribution in [-0.2, 0) is 9.59 Å². The number of hydrogen-bond acceptors (Lipinski definition) is 6. The fourth-order valence-electron chi connectivity index (χ4n) is 3.42. The summed E-state index contributed by atoms with van der Waals surface area (Å²) in [5.41, 5.74) is 1.54. The van der Waals surface area contributed by atoms with Crippen LogP contribution in [0.3, 0.4) is 0 Å². The highest BCUT2D eigenvalue weighted by molar-refractivity contribution is 8.00. The van der Waals surface area contributed by atoms with Gasteiger partial charge in [0, 0.05) is 27.2 Å². The van der Waals surface area contributed by atoms with Crippen molar-refractivity contribution < 1.29 is 18.9 Å². The maximum Gasteiger partial charge on any atom is 0.272 e. The van der Waals surface area contributed by atoms with Crippen LogP contribution in [0, 0.1) is 6.92 Å². The van der Waals surface area contributed by atoms with Gasteiger partial charge in [-0.25, -0.2) is 0 Å². The van der Waals surface area contributed by atoms with E-state index >= 15 is 0 Å². The van der Waals surface area contributed by atoms with Crippen LogP contribution in [-0.4, -0.2) is 28.1 Å². The summed E-state index contributed by atoms with van der Waals surface area (Å²) in [7, 11) is 0. The molecule has 3 aromatic carbocycles. The molecule has 0 radical (unpaired) electrons. The molecule has 3 amide bonds. The highest BCUT2D eigenvalue weighted by Gasteiger charge is 2.18. The zero-order valence-electron chi connectivity index (χ0n) is 21.1. The van der Waals surface area contributed by atoms with Crippen LogP contribution >= 0.6 is 23.4 Å². The second-order valence-electron chi connectivity index (χ2n) is 8.45. The second kappa shape index (κ2) is 12.9. The van der Waals surface area contributed by atoms with E-state index in [0.717, 1.165) is 4.90 Å². The Labute approximate surface area is 234 Å². The van der Waals surface area contributed by atoms with Crippen LogP contribution < -0.4 is 16.0 Å². The maximum absolute atomic E-state index is 13.2. The Morgan fingerprint density at radius 1 is 0.949 bits per heavy atom. The van der Waals surface area contributed by atoms with E-state index in [-0.39, 0.29) is 11.6 Å². The van der Waals surface area contributed by atoms with Gasteiger partial charge in [-0.1, -0.05) is 53.2 Å². The van der Waals surface area contributed by atoms with Crippen molar-refractivity contribution in [3.8, 4) is 0 Å². The Kier molecular flexibility index (Phi) is 9.19. The van der Waals surface area contributed by atoms with Gasteiger partial charge in [0.05, 0.1) is 5.25 Å². The minimum Gasteiger partial charge on any atom is -0.360 e. The molecule has 0 aliphatic rings. The van der Waals surface area contributed by atoms with E-state index in [4.69, 9.17) is 16.1 Å². The molecule has 0 aliphatic carbocycles. The molecular weight excluding hydrogens is 536 g/mol. The third kappa shape index (κ3) is 7.83. The molecule has 0 fully saturated rings. The number of hydrogen-bond donors (Lipinski definition) is 3. The van der Waals surface area contributed by atoms with Crippen LogP contribution in [0.25, 0.3) is 6.08 Å². The van der Waals surface area contributed by atoms with E-state index < -0.39 is 17.1 Å². The number of rotatable bonds is 9. The smallest absolute Gasteiger partial charge is 0.272 e. The van der Waals surface area contributed by atoms with Crippen molar-refractivity contribution in [2.24, 2.45) is 0 Å². The van der Waals surface area contributed by atoms with Crippen molar-refractivity contribution >= 4 is 58.7 Å². The number of carbonyl (C=O) groups is 3. The van der Waals surface area contributed by atoms with Crippen LogP contribution in [0.5, 0.6) is 0 Å². The average Bonchev–Trinajstić information content (AvgIpc) is 3.35. The molecule has 1 heterocycles. The number of benzene rings is 3. The Bertz CT molecular complexity index is 1500. The number of aryl methyl sites for hydroxylation is 1. The number of nitrogens with one attached hydrogen (secondary N) is 3. The quantitative estimate of drug-likeness (QED) is 0.167. The monoisotopic (exact) mass is 560 g/mol. The molecule has 0 spiro atoms. The molecular formula is C29H25ClN4O4S. The highest BCUT2D eigenvalue weighted by Crippen LogP contribution is 2.26. The molecule has 0 saturated heterocycles. The van der Waals surface area contributed by atoms with E-state index in [2.05, 4.69) is 21.1 Å². The van der Waals surface area contributed by atoms with Gasteiger partial charge in [0.15, 0.2) is 5.82 Å². The summed E-state index contributed by atoms with van der Waals surface area (Å²) >= 11 is 7.64. The standard InChI is InChI=1S/C29H25ClN4O4S/c1-18-16-26(34-38-18)33-27(35)19(2)39-23-14-12-22(13-15-23)31-29(37)25(17-21-10-6-7-11-24(21)30)32-28(36)20-8-4-3-5-9-20/h3-17,19H,1-2H3,(H,31,37)(H,32,36)(H,33,34,35)/b25-17-. The first-order valence-electron chi connectivity index (χ1n) is 11.9. The Morgan fingerprint density at radius 3 is 2.31 bits per heavy atom. The minimum absolute atomic E-state index is 0.0313. The zero-order chi connectivity index (χ0) is 27.8. The summed E-state index contributed by atoms with van der Waals surface area (Å²) in [6.45, 7) is 3.53. The molecule has 1 atom stereocenters. The molecule has 0 bridgehead atoms. The van der Waals surface area contributed by atoms with Gasteiger partial charge >= 0.3 is 0 Å². The molecule has 4 rings (SSSR count). The Balaban J connectivity index is 1.44. The van der Waals surface area contributed by atoms with Gasteiger partial charge in [-0.3, -0.25) is 14.4 Å². The highest BCUT2D eigenvalue weighted by atomic mass is 35.5. The van der Waals surface area contributed by atoms with Crippen LogP contribution in [0.2, 0.25) is 5.02 Å². The largest absolute Gasteiger partial charge is 0.360 e. The van der Waals surface area contributed by atoms with Crippen molar-refractivity contribution in [3.05, 3.63) is 113 Å². The Morgan fingerprint density at radius 2 is 1.64 bits per heavy atom. The molecule has 4 aromatic rings. The number of carbonyl (C=O) groups excluding carboxylic acids is 3. The van der Waals surface area contributed by atoms with Crippen LogP contribution in [0.4, 0.5) is 11.5 Å². The van der Waals surface area contributed by atoms with Crippen LogP contribution in [0.1, 0.15) is 28.6 Å². The zero-order valence-corrected chi connectivity index (χ0v) is 22.7. The average molecular weight is 561 g/mol. The van der Waals surface area contributed by atoms with Gasteiger partial charge < -0.3 is 20.5 Å². The lowest BCUT2D eigenvalue weighted by atomic mass is 10.1. The first-order valence-corrected chi connectivity index (χ1v) is 13.2. The van der Waals surface area contributed by atoms with Gasteiger partial charge in [-0.15, -0.1) is 11.8 Å². The number of anilines is 2. The van der Waals surface area contributed by atoms with Crippen molar-refractivity contribution in [1.29, 1.82) is 0 Å². The van der Waals surface area contributed by atoms with E-state index in [9.17, 15) is 14.4 Å². The molecule has 1 unspecified atom stereocenters. The van der Waals surface area contributed by atoms with E-state index in [0.29, 0.717) is 33.4 Å². The molecule has 8 nitrogen and oxygen atoms in total. The molecule has 1 aromatic heterocycles. The van der Waals surface area contributed by atoms with E-state index in [1.165, 1.54) is 17.8 Å². The summed E-state index contributed by atoms with van der Waals surface area (Å²) in [5, 5.41) is 12.0. The lowest BCUT2D eigenvalue weighted by Crippen LogP contribution is -2.30. The first kappa shape index (κ1) is 27.7. The van der Waals surface area contributed by atoms with Crippen molar-refractivity contribution in [1.82, 2.24) is 10.5 Å². The second-order valence-corrected chi connectivity index (χ2v) is 10.3. The van der Waals surface area contributed by atoms with Gasteiger partial charge in [0.25, 0.3) is 11.8 Å². The number of nitrogens with zero attached hydrogens (tertiary/aromatic N) is 1. The van der Waals surface area contributed by atoms with Gasteiger partial charge in [0.2, 0.25) is 5.91 Å². The van der Waals surface area contributed by atoms with Crippen molar-refractivity contribution in [2.75, 3.05) is 10.6 Å². The third-order valence-corrected chi connectivity index (χ3v) is 6.86. The van der Waals surface area contributed by atoms with Gasteiger partial charge in [-0.05, 0) is 68.0 Å². The summed E-state index contributed by atoms with van der Waals surface area (Å²) in [6, 6.07) is 24.3. The molecule has 0 aliphatic heterocycles. The normalized spacial score (nSPS) is 11.9. The number of halogens is 1. The van der Waals surface area contributed by atoms with Gasteiger partial charge in [-0.2, -0.15) is 0 Å². The summed E-state index contributed by atoms with van der Waals surface area (Å²) in [6.07, 6.45) is 1.53. The summed E-state index contributed by atoms with van der Waals surface area (Å²) in [4.78, 5) is 39.3. The fourth-order valence-corrected chi connectivity index (χ4v) is 4.47. The SMILES string of the molecule is Cc1cc(NC(=O)C(C)Sc2ccc(NC(=O)/C(=C/c3ccccc3Cl)NC(=O)c3ccccc3)cc2)no1. The van der Waals surface area contributed by atoms with Crippen molar-refractivity contribution in [3.63, 3.8) is 0 Å². The van der Waals surface area contributed by atoms with E-state index in [1.807, 2.05) is 0 Å². The fraction of sp³-hybridized carbons (Fsp3) is 0.103. The van der Waals surface area contributed by atoms with Crippen LogP contribution in [0.15, 0.2) is 100 Å². The lowest BCUT2D eigenvalue weighted by Gasteiger charge is -2.13. The summed E-state index contributed by atoms with van der Waals surface area (Å²) < 4.78 is 4.97. The Hall–Kier alpha value is -4.34. The third-order valence-electron chi connectivity index (χ3n) is 5.41. The maximum atomic E-state index is 13.2. The van der Waals surface area contributed by atoms with Gasteiger partial charge in [0.1, 0.15) is 11.5 Å². The predicted molar refractivity (Wildman–Crippen MR) is 154 cm³/mol.